The maximum Gasteiger partial charge on any atom is 0.160 e. The van der Waals surface area contributed by atoms with Gasteiger partial charge >= 0.3 is 0 Å². The maximum atomic E-state index is 9.98. The van der Waals surface area contributed by atoms with Crippen LogP contribution < -0.4 is 4.74 Å². The smallest absolute Gasteiger partial charge is 0.160 e. The van der Waals surface area contributed by atoms with Crippen LogP contribution in [0.1, 0.15) is 35.1 Å². The van der Waals surface area contributed by atoms with Crippen LogP contribution in [0.15, 0.2) is 48.6 Å². The second-order valence-electron chi connectivity index (χ2n) is 6.36. The summed E-state index contributed by atoms with van der Waals surface area (Å²) in [4.78, 5) is 0. The third-order valence-electron chi connectivity index (χ3n) is 4.93. The Morgan fingerprint density at radius 2 is 1.88 bits per heavy atom. The van der Waals surface area contributed by atoms with Gasteiger partial charge in [0.1, 0.15) is 11.9 Å². The van der Waals surface area contributed by atoms with Gasteiger partial charge in [-0.05, 0) is 53.8 Å². The number of phenols is 2. The van der Waals surface area contributed by atoms with E-state index >= 15 is 0 Å². The van der Waals surface area contributed by atoms with Gasteiger partial charge in [0.25, 0.3) is 0 Å². The molecule has 1 aliphatic heterocycles. The number of phenolic OH excluding ortho intramolecular Hbond substituents is 2. The van der Waals surface area contributed by atoms with Crippen LogP contribution in [0.5, 0.6) is 17.2 Å². The molecule has 0 radical (unpaired) electrons. The Kier molecular flexibility index (Phi) is 3.69. The highest BCUT2D eigenvalue weighted by Gasteiger charge is 2.34. The van der Waals surface area contributed by atoms with Crippen molar-refractivity contribution >= 4 is 0 Å². The minimum atomic E-state index is -0.0904. The molecule has 1 aliphatic carbocycles. The second-order valence-corrected chi connectivity index (χ2v) is 6.36. The van der Waals surface area contributed by atoms with Crippen molar-refractivity contribution in [3.63, 3.8) is 0 Å². The summed E-state index contributed by atoms with van der Waals surface area (Å²) in [5.41, 5.74) is 3.36. The van der Waals surface area contributed by atoms with Crippen LogP contribution in [0.25, 0.3) is 0 Å². The summed E-state index contributed by atoms with van der Waals surface area (Å²) < 4.78 is 11.6. The lowest BCUT2D eigenvalue weighted by atomic mass is 9.78. The second kappa shape index (κ2) is 5.87. The number of hydrogen-bond acceptors (Lipinski definition) is 4. The highest BCUT2D eigenvalue weighted by atomic mass is 16.5. The number of aromatic hydroxyl groups is 2. The summed E-state index contributed by atoms with van der Waals surface area (Å²) in [5, 5.41) is 19.4. The molecule has 1 heterocycles. The van der Waals surface area contributed by atoms with Crippen LogP contribution in [0.3, 0.4) is 0 Å². The zero-order valence-corrected chi connectivity index (χ0v) is 13.5. The molecule has 3 atom stereocenters. The molecule has 4 rings (SSSR count). The van der Waals surface area contributed by atoms with E-state index in [9.17, 15) is 10.2 Å². The Labute approximate surface area is 141 Å². The van der Waals surface area contributed by atoms with Crippen molar-refractivity contribution in [1.82, 2.24) is 0 Å². The van der Waals surface area contributed by atoms with Crippen LogP contribution in [-0.2, 0) is 11.2 Å². The fourth-order valence-corrected chi connectivity index (χ4v) is 3.68. The molecule has 0 amide bonds. The first-order chi connectivity index (χ1) is 11.7. The van der Waals surface area contributed by atoms with E-state index in [0.717, 1.165) is 24.0 Å². The number of benzene rings is 2. The Bertz CT molecular complexity index is 779. The predicted molar refractivity (Wildman–Crippen MR) is 90.6 cm³/mol. The number of fused-ring (bicyclic) bond motifs is 3. The molecular formula is C20H20O4. The molecule has 24 heavy (non-hydrogen) atoms. The van der Waals surface area contributed by atoms with E-state index in [1.54, 1.807) is 19.2 Å². The largest absolute Gasteiger partial charge is 0.508 e. The zero-order valence-electron chi connectivity index (χ0n) is 13.5. The van der Waals surface area contributed by atoms with Gasteiger partial charge in [-0.25, -0.2) is 0 Å². The number of aryl methyl sites for hydroxylation is 1. The predicted octanol–water partition coefficient (Wildman–Crippen LogP) is 3.83. The van der Waals surface area contributed by atoms with Gasteiger partial charge in [-0.2, -0.15) is 0 Å². The first-order valence-corrected chi connectivity index (χ1v) is 8.18. The lowest BCUT2D eigenvalue weighted by molar-refractivity contribution is -0.0139. The van der Waals surface area contributed by atoms with Gasteiger partial charge in [0.05, 0.1) is 13.2 Å². The Morgan fingerprint density at radius 1 is 1.08 bits per heavy atom. The van der Waals surface area contributed by atoms with Crippen molar-refractivity contribution in [3.05, 3.63) is 65.2 Å². The van der Waals surface area contributed by atoms with Crippen LogP contribution in [0, 0.1) is 0 Å². The summed E-state index contributed by atoms with van der Waals surface area (Å²) >= 11 is 0. The van der Waals surface area contributed by atoms with E-state index in [2.05, 4.69) is 12.2 Å². The SMILES string of the molecule is COc1cc2c(cc1O)CC[C@@H]1O[C@@H](c3ccc(O)cc3)C=C[C@H]21. The Morgan fingerprint density at radius 3 is 2.62 bits per heavy atom. The molecule has 0 fully saturated rings. The minimum Gasteiger partial charge on any atom is -0.508 e. The Hall–Kier alpha value is -2.46. The fraction of sp³-hybridized carbons (Fsp3) is 0.300. The molecule has 0 saturated carbocycles. The van der Waals surface area contributed by atoms with E-state index in [-0.39, 0.29) is 29.6 Å². The topological polar surface area (TPSA) is 58.9 Å². The minimum absolute atomic E-state index is 0.0904. The molecule has 0 bridgehead atoms. The van der Waals surface area contributed by atoms with Crippen molar-refractivity contribution in [3.8, 4) is 17.2 Å². The summed E-state index contributed by atoms with van der Waals surface area (Å²) in [5.74, 6) is 1.13. The molecule has 2 aromatic carbocycles. The summed E-state index contributed by atoms with van der Waals surface area (Å²) in [6.45, 7) is 0. The molecule has 2 aromatic rings. The monoisotopic (exact) mass is 324 g/mol. The van der Waals surface area contributed by atoms with Crippen LogP contribution in [0.4, 0.5) is 0 Å². The highest BCUT2D eigenvalue weighted by Crippen LogP contribution is 2.44. The number of ether oxygens (including phenoxy) is 2. The molecule has 124 valence electrons. The van der Waals surface area contributed by atoms with Gasteiger partial charge in [-0.15, -0.1) is 0 Å². The molecule has 0 spiro atoms. The quantitative estimate of drug-likeness (QED) is 0.824. The summed E-state index contributed by atoms with van der Waals surface area (Å²) in [7, 11) is 1.57. The average Bonchev–Trinajstić information content (AvgIpc) is 2.61. The standard InChI is InChI=1S/C20H20O4/c1-23-20-11-16-13(10-17(20)22)4-8-19-15(16)7-9-18(24-19)12-2-5-14(21)6-3-12/h2-3,5-7,9-11,15,18-19,21-22H,4,8H2,1H3/t15-,18-,19+/m1/s1. The molecule has 0 aromatic heterocycles. The van der Waals surface area contributed by atoms with Gasteiger partial charge in [0, 0.05) is 5.92 Å². The van der Waals surface area contributed by atoms with Crippen LogP contribution in [0.2, 0.25) is 0 Å². The van der Waals surface area contributed by atoms with E-state index in [4.69, 9.17) is 9.47 Å². The van der Waals surface area contributed by atoms with Crippen molar-refractivity contribution in [2.45, 2.75) is 31.0 Å². The number of methoxy groups -OCH3 is 1. The van der Waals surface area contributed by atoms with Crippen LogP contribution in [-0.4, -0.2) is 23.4 Å². The number of rotatable bonds is 2. The molecule has 4 heteroatoms. The first kappa shape index (κ1) is 15.1. The van der Waals surface area contributed by atoms with Crippen molar-refractivity contribution in [1.29, 1.82) is 0 Å². The third-order valence-corrected chi connectivity index (χ3v) is 4.93. The van der Waals surface area contributed by atoms with E-state index in [1.807, 2.05) is 24.3 Å². The first-order valence-electron chi connectivity index (χ1n) is 8.18. The molecule has 2 N–H and O–H groups in total. The lowest BCUT2D eigenvalue weighted by Crippen LogP contribution is -2.31. The highest BCUT2D eigenvalue weighted by molar-refractivity contribution is 5.50. The molecule has 2 aliphatic rings. The molecule has 0 unspecified atom stereocenters. The fourth-order valence-electron chi connectivity index (χ4n) is 3.68. The lowest BCUT2D eigenvalue weighted by Gasteiger charge is -2.37. The van der Waals surface area contributed by atoms with Gasteiger partial charge in [-0.3, -0.25) is 0 Å². The normalized spacial score (nSPS) is 25.0. The van der Waals surface area contributed by atoms with Gasteiger partial charge in [0.15, 0.2) is 11.5 Å². The summed E-state index contributed by atoms with van der Waals surface area (Å²) in [6, 6.07) is 10.9. The number of hydrogen-bond donors (Lipinski definition) is 2. The molecular weight excluding hydrogens is 304 g/mol. The third kappa shape index (κ3) is 2.53. The van der Waals surface area contributed by atoms with Crippen LogP contribution >= 0.6 is 0 Å². The van der Waals surface area contributed by atoms with Crippen molar-refractivity contribution in [2.75, 3.05) is 7.11 Å². The van der Waals surface area contributed by atoms with Gasteiger partial charge in [0.2, 0.25) is 0 Å². The van der Waals surface area contributed by atoms with Crippen molar-refractivity contribution in [2.24, 2.45) is 0 Å². The molecule has 4 nitrogen and oxygen atoms in total. The van der Waals surface area contributed by atoms with E-state index in [1.165, 1.54) is 5.56 Å². The zero-order chi connectivity index (χ0) is 16.7. The van der Waals surface area contributed by atoms with Gasteiger partial charge < -0.3 is 19.7 Å². The molecule has 0 saturated heterocycles. The van der Waals surface area contributed by atoms with Crippen molar-refractivity contribution < 1.29 is 19.7 Å². The van der Waals surface area contributed by atoms with E-state index < -0.39 is 0 Å². The maximum absolute atomic E-state index is 9.98. The van der Waals surface area contributed by atoms with Gasteiger partial charge in [-0.1, -0.05) is 24.3 Å². The summed E-state index contributed by atoms with van der Waals surface area (Å²) in [6.07, 6.45) is 6.08. The van der Waals surface area contributed by atoms with E-state index in [0.29, 0.717) is 5.75 Å². The Balaban J connectivity index is 1.66. The average molecular weight is 324 g/mol.